The molecule has 0 saturated heterocycles. The van der Waals surface area contributed by atoms with Crippen LogP contribution in [0.5, 0.6) is 0 Å². The molecule has 372 valence electrons. The Kier molecular flexibility index (Phi) is 3.95. The zero-order valence-electron chi connectivity index (χ0n) is 45.1. The van der Waals surface area contributed by atoms with Gasteiger partial charge in [0.05, 0.1) is 26.4 Å². The maximum Gasteiger partial charge on any atom is 0.240 e. The summed E-state index contributed by atoms with van der Waals surface area (Å²) < 4.78 is 33.9. The van der Waals surface area contributed by atoms with Gasteiger partial charge in [0.25, 0.3) is 0 Å². The van der Waals surface area contributed by atoms with Gasteiger partial charge in [-0.2, -0.15) is 0 Å². The van der Waals surface area contributed by atoms with Gasteiger partial charge in [0.1, 0.15) is 10.8 Å². The van der Waals surface area contributed by atoms with Crippen molar-refractivity contribution in [3.63, 3.8) is 0 Å². The van der Waals surface area contributed by atoms with Crippen molar-refractivity contribution in [2.45, 2.75) is 101 Å². The predicted octanol–water partition coefficient (Wildman–Crippen LogP) is 21.0. The molecule has 5 aliphatic carbocycles. The van der Waals surface area contributed by atoms with E-state index in [1.165, 1.54) is 0 Å². The van der Waals surface area contributed by atoms with Crippen LogP contribution in [0.4, 0.5) is 0 Å². The van der Waals surface area contributed by atoms with E-state index in [-0.39, 0.29) is 0 Å². The van der Waals surface area contributed by atoms with Crippen LogP contribution in [0.15, 0.2) is 0 Å². The van der Waals surface area contributed by atoms with Crippen molar-refractivity contribution in [1.29, 1.82) is 0 Å². The highest BCUT2D eigenvalue weighted by Gasteiger charge is 2.98. The molecular formula is C78H36O4. The number of benzene rings is 18. The van der Waals surface area contributed by atoms with Gasteiger partial charge in [0.15, 0.2) is 0 Å². The average Bonchev–Trinajstić information content (AvgIpc) is 1.37. The summed E-state index contributed by atoms with van der Waals surface area (Å²) in [6, 6.07) is 0. The quantitative estimate of drug-likeness (QED) is 0.0549. The molecule has 28 aromatic carbocycles. The largest absolute Gasteiger partial charge is 0.344 e. The van der Waals surface area contributed by atoms with Crippen LogP contribution in [0.25, 0.3) is 291 Å². The first-order valence-electron chi connectivity index (χ1n) is 32.0. The van der Waals surface area contributed by atoms with Crippen molar-refractivity contribution in [2.24, 2.45) is 0 Å². The van der Waals surface area contributed by atoms with Crippen LogP contribution in [0, 0.1) is 0 Å². The molecular weight excluding hydrogens is 1000 g/mol. The van der Waals surface area contributed by atoms with E-state index in [2.05, 4.69) is 27.7 Å². The Balaban J connectivity index is 1.06. The number of ether oxygens (including phenoxy) is 4. The summed E-state index contributed by atoms with van der Waals surface area (Å²) in [5, 5.41) is 86.3. The Morgan fingerprint density at radius 1 is 0.171 bits per heavy atom. The minimum absolute atomic E-state index is 0.586. The third-order valence-electron chi connectivity index (χ3n) is 27.9. The third-order valence-corrected chi connectivity index (χ3v) is 27.9. The second-order valence-corrected chi connectivity index (χ2v) is 29.3. The monoisotopic (exact) mass is 1040 g/mol. The molecule has 33 rings (SSSR count). The Labute approximate surface area is 457 Å². The fraction of sp³-hybridized carbons (Fsp3) is 0.256. The fourth-order valence-corrected chi connectivity index (χ4v) is 27.2. The van der Waals surface area contributed by atoms with E-state index in [0.717, 1.165) is 51.4 Å². The molecule has 1 fully saturated rings. The molecule has 0 amide bonds. The fourth-order valence-electron chi connectivity index (χ4n) is 27.2. The molecule has 4 nitrogen and oxygen atoms in total. The second kappa shape index (κ2) is 9.00. The van der Waals surface area contributed by atoms with Crippen molar-refractivity contribution >= 4 is 291 Å². The third kappa shape index (κ3) is 2.12. The normalized spacial score (nSPS) is 19.9. The minimum atomic E-state index is -1.32. The molecule has 0 N–H and O–H groups in total. The second-order valence-electron chi connectivity index (χ2n) is 29.3. The van der Waals surface area contributed by atoms with Crippen LogP contribution in [-0.4, -0.2) is 38.0 Å². The first-order chi connectivity index (χ1) is 40.7. The Morgan fingerprint density at radius 2 is 0.280 bits per heavy atom. The summed E-state index contributed by atoms with van der Waals surface area (Å²) >= 11 is 0. The average molecular weight is 1040 g/mol. The molecule has 0 aromatic heterocycles. The van der Waals surface area contributed by atoms with Crippen LogP contribution in [0.1, 0.15) is 101 Å². The molecule has 0 atom stereocenters. The Hall–Kier alpha value is -7.70. The molecule has 0 aliphatic heterocycles. The molecule has 4 heteroatoms. The highest BCUT2D eigenvalue weighted by molar-refractivity contribution is 6.82. The van der Waals surface area contributed by atoms with E-state index in [9.17, 15) is 0 Å². The van der Waals surface area contributed by atoms with Crippen LogP contribution in [0.2, 0.25) is 0 Å². The van der Waals surface area contributed by atoms with Crippen molar-refractivity contribution in [3.05, 3.63) is 22.3 Å². The first-order valence-corrected chi connectivity index (χ1v) is 32.0. The lowest BCUT2D eigenvalue weighted by atomic mass is 9.32. The van der Waals surface area contributed by atoms with Gasteiger partial charge in [-0.15, -0.1) is 0 Å². The first kappa shape index (κ1) is 36.0. The lowest BCUT2D eigenvalue weighted by Gasteiger charge is -2.78. The van der Waals surface area contributed by atoms with E-state index < -0.39 is 22.4 Å². The van der Waals surface area contributed by atoms with Crippen molar-refractivity contribution in [1.82, 2.24) is 0 Å². The molecule has 5 aliphatic rings. The number of hydrogen-bond acceptors (Lipinski definition) is 4. The summed E-state index contributed by atoms with van der Waals surface area (Å²) in [5.41, 5.74) is 4.53. The van der Waals surface area contributed by atoms with Crippen LogP contribution < -0.4 is 0 Å². The van der Waals surface area contributed by atoms with Crippen LogP contribution >= 0.6 is 0 Å². The van der Waals surface area contributed by atoms with Crippen molar-refractivity contribution < 1.29 is 18.9 Å². The maximum atomic E-state index is 8.47. The van der Waals surface area contributed by atoms with E-state index in [1.807, 2.05) is 0 Å². The number of hydrogen-bond donors (Lipinski definition) is 0. The minimum Gasteiger partial charge on any atom is -0.344 e. The smallest absolute Gasteiger partial charge is 0.240 e. The highest BCUT2D eigenvalue weighted by atomic mass is 16.8. The Bertz CT molecular complexity index is 6820. The Morgan fingerprint density at radius 3 is 0.390 bits per heavy atom. The van der Waals surface area contributed by atoms with E-state index in [4.69, 9.17) is 18.9 Å². The summed E-state index contributed by atoms with van der Waals surface area (Å²) in [6.07, 6.45) is 7.92. The standard InChI is InChI=1S/C78H36O4/c1-5-9-13-79-77(80-14-10-6-2)75-71-63-55-45-35-27-19-17-18-21-25-23(19)31-39-33(25)43-37-29(21)30-22(18)26-24-20(17)28(27)36-42-32(24)40-34(26)44-38(30)48-47(37)57-51(43)61-53(39)59(49(55)41(31)35)67(71)69(61)73-65(57)66-58(48)52(44)62-54(40)60-50(42)56(46(36)45)64(63)72(75)68(60)70(62)74(66)76(73,75)78(77,81-15-11-7-3)82-16-12-8-4/h5-16H2,1-4H3. The number of unbranched alkanes of at least 4 members (excludes halogenated alkanes) is 4. The SMILES string of the molecule is CCCCOC1(OCCCC)C(OCCCC)(OCCCC)C23c4c5c6c7c8c9c(c%10c%11c2c2c4c4c%12c5c5c6c6c8c8c%13c9c9c%10c%10c%11c%11c2c2c4c4c%12c%12c5c5c6c8c6c8c%13c9c9c%10c%10c%11c2c2c4c4c%12c5c6c5c8c9c%10c2c45)C713. The van der Waals surface area contributed by atoms with Gasteiger partial charge in [-0.25, -0.2) is 0 Å². The van der Waals surface area contributed by atoms with Gasteiger partial charge < -0.3 is 18.9 Å². The molecule has 0 bridgehead atoms. The lowest BCUT2D eigenvalue weighted by molar-refractivity contribution is -0.511. The highest BCUT2D eigenvalue weighted by Crippen LogP contribution is 2.92. The molecule has 1 saturated carbocycles. The summed E-state index contributed by atoms with van der Waals surface area (Å²) in [4.78, 5) is 0. The number of rotatable bonds is 16. The van der Waals surface area contributed by atoms with Gasteiger partial charge >= 0.3 is 0 Å². The molecule has 28 aromatic rings. The molecule has 2 spiro atoms. The topological polar surface area (TPSA) is 36.9 Å². The lowest BCUT2D eigenvalue weighted by Crippen LogP contribution is -2.94. The molecule has 0 heterocycles. The summed E-state index contributed by atoms with van der Waals surface area (Å²) in [7, 11) is 0. The maximum absolute atomic E-state index is 8.47. The van der Waals surface area contributed by atoms with Gasteiger partial charge in [0, 0.05) is 0 Å². The molecule has 0 radical (unpaired) electrons. The zero-order valence-corrected chi connectivity index (χ0v) is 45.1. The molecule has 82 heavy (non-hydrogen) atoms. The van der Waals surface area contributed by atoms with Gasteiger partial charge in [-0.1, -0.05) is 53.4 Å². The van der Waals surface area contributed by atoms with Gasteiger partial charge in [0.2, 0.25) is 11.6 Å². The predicted molar refractivity (Wildman–Crippen MR) is 343 cm³/mol. The van der Waals surface area contributed by atoms with E-state index in [0.29, 0.717) is 26.4 Å². The van der Waals surface area contributed by atoms with E-state index in [1.54, 1.807) is 313 Å². The van der Waals surface area contributed by atoms with E-state index >= 15 is 0 Å². The summed E-state index contributed by atoms with van der Waals surface area (Å²) in [5.74, 6) is -2.65. The van der Waals surface area contributed by atoms with Gasteiger partial charge in [-0.3, -0.25) is 0 Å². The molecule has 0 unspecified atom stereocenters. The zero-order chi connectivity index (χ0) is 50.8. The van der Waals surface area contributed by atoms with Gasteiger partial charge in [-0.05, 0) is 339 Å². The van der Waals surface area contributed by atoms with Crippen molar-refractivity contribution in [3.8, 4) is 0 Å². The van der Waals surface area contributed by atoms with Crippen LogP contribution in [-0.2, 0) is 29.8 Å². The van der Waals surface area contributed by atoms with Crippen molar-refractivity contribution in [2.75, 3.05) is 26.4 Å². The summed E-state index contributed by atoms with van der Waals surface area (Å²) in [6.45, 7) is 11.7. The van der Waals surface area contributed by atoms with Crippen LogP contribution in [0.3, 0.4) is 0 Å².